The third kappa shape index (κ3) is 11.7. The van der Waals surface area contributed by atoms with Gasteiger partial charge in [-0.3, -0.25) is 0 Å². The molecule has 4 heteroatoms. The number of hydrogen-bond donors (Lipinski definition) is 0. The predicted octanol–water partition coefficient (Wildman–Crippen LogP) is 2.01. The molecule has 0 aromatic carbocycles. The maximum absolute atomic E-state index is 5.59. The smallest absolute Gasteiger partial charge is 0.183 e. The Kier molecular flexibility index (Phi) is 6.94. The van der Waals surface area contributed by atoms with Gasteiger partial charge in [0.05, 0.1) is 26.1 Å². The second-order valence-corrected chi connectivity index (χ2v) is 8.12. The second-order valence-electron chi connectivity index (χ2n) is 3.61. The van der Waals surface area contributed by atoms with E-state index in [2.05, 4.69) is 26.2 Å². The molecule has 0 fully saturated rings. The van der Waals surface area contributed by atoms with Crippen molar-refractivity contribution in [2.45, 2.75) is 19.6 Å². The maximum Gasteiger partial charge on any atom is 0.183 e. The minimum Gasteiger partial charge on any atom is -0.499 e. The molecule has 0 aliphatic carbocycles. The molecule has 0 spiro atoms. The van der Waals surface area contributed by atoms with Crippen LogP contribution in [0.1, 0.15) is 0 Å². The van der Waals surface area contributed by atoms with Crippen molar-refractivity contribution in [3.05, 3.63) is 12.8 Å². The molecule has 78 valence electrons. The van der Waals surface area contributed by atoms with Crippen LogP contribution in [0.4, 0.5) is 0 Å². The van der Waals surface area contributed by atoms with E-state index in [1.165, 1.54) is 6.26 Å². The minimum atomic E-state index is -1.36. The number of hydrogen-bond acceptors (Lipinski definition) is 3. The average molecular weight is 204 g/mol. The molecular weight excluding hydrogens is 184 g/mol. The third-order valence-electron chi connectivity index (χ3n) is 1.23. The fraction of sp³-hybridized carbons (Fsp3) is 0.778. The summed E-state index contributed by atoms with van der Waals surface area (Å²) >= 11 is 0. The molecule has 0 heterocycles. The number of ether oxygens (including phenoxy) is 2. The van der Waals surface area contributed by atoms with Gasteiger partial charge < -0.3 is 13.9 Å². The summed E-state index contributed by atoms with van der Waals surface area (Å²) in [6, 6.07) is 0. The summed E-state index contributed by atoms with van der Waals surface area (Å²) in [6.07, 6.45) is 1.42. The monoisotopic (exact) mass is 204 g/mol. The van der Waals surface area contributed by atoms with E-state index >= 15 is 0 Å². The van der Waals surface area contributed by atoms with Crippen LogP contribution in [0.2, 0.25) is 19.6 Å². The largest absolute Gasteiger partial charge is 0.499 e. The van der Waals surface area contributed by atoms with Crippen LogP contribution in [0.5, 0.6) is 0 Å². The Bertz CT molecular complexity index is 131. The fourth-order valence-corrected chi connectivity index (χ4v) is 1.39. The summed E-state index contributed by atoms with van der Waals surface area (Å²) in [5.41, 5.74) is 0. The molecule has 0 atom stereocenters. The molecule has 0 aliphatic heterocycles. The van der Waals surface area contributed by atoms with Crippen LogP contribution in [-0.4, -0.2) is 34.7 Å². The van der Waals surface area contributed by atoms with Crippen molar-refractivity contribution >= 4 is 8.32 Å². The van der Waals surface area contributed by atoms with Gasteiger partial charge in [-0.15, -0.1) is 0 Å². The molecule has 0 rings (SSSR count). The van der Waals surface area contributed by atoms with Gasteiger partial charge in [-0.25, -0.2) is 0 Å². The Morgan fingerprint density at radius 2 is 1.69 bits per heavy atom. The molecule has 0 saturated carbocycles. The minimum absolute atomic E-state index is 0.566. The van der Waals surface area contributed by atoms with Crippen LogP contribution in [0, 0.1) is 0 Å². The van der Waals surface area contributed by atoms with Gasteiger partial charge in [0.25, 0.3) is 0 Å². The molecular formula is C9H20O3Si. The summed E-state index contributed by atoms with van der Waals surface area (Å²) in [4.78, 5) is 0. The molecule has 0 saturated heterocycles. The highest BCUT2D eigenvalue weighted by Gasteiger charge is 2.12. The molecule has 0 aromatic heterocycles. The molecule has 13 heavy (non-hydrogen) atoms. The molecule has 0 aromatic rings. The first kappa shape index (κ1) is 12.7. The Morgan fingerprint density at radius 3 is 2.23 bits per heavy atom. The fourth-order valence-electron chi connectivity index (χ4n) is 0.699. The van der Waals surface area contributed by atoms with Crippen LogP contribution in [0.3, 0.4) is 0 Å². The lowest BCUT2D eigenvalue weighted by atomic mass is 10.7. The van der Waals surface area contributed by atoms with E-state index in [-0.39, 0.29) is 0 Å². The molecule has 0 amide bonds. The highest BCUT2D eigenvalue weighted by Crippen LogP contribution is 2.01. The van der Waals surface area contributed by atoms with Crippen molar-refractivity contribution in [1.29, 1.82) is 0 Å². The summed E-state index contributed by atoms with van der Waals surface area (Å²) in [5, 5.41) is 0. The van der Waals surface area contributed by atoms with Gasteiger partial charge in [-0.1, -0.05) is 6.58 Å². The van der Waals surface area contributed by atoms with Gasteiger partial charge in [0, 0.05) is 0 Å². The van der Waals surface area contributed by atoms with Crippen molar-refractivity contribution in [2.24, 2.45) is 0 Å². The van der Waals surface area contributed by atoms with E-state index in [9.17, 15) is 0 Å². The molecule has 3 nitrogen and oxygen atoms in total. The van der Waals surface area contributed by atoms with Gasteiger partial charge >= 0.3 is 0 Å². The lowest BCUT2D eigenvalue weighted by molar-refractivity contribution is 0.0639. The second kappa shape index (κ2) is 7.12. The van der Waals surface area contributed by atoms with Gasteiger partial charge in [0.1, 0.15) is 6.61 Å². The van der Waals surface area contributed by atoms with Gasteiger partial charge in [-0.2, -0.15) is 0 Å². The topological polar surface area (TPSA) is 27.7 Å². The van der Waals surface area contributed by atoms with E-state index in [4.69, 9.17) is 13.9 Å². The van der Waals surface area contributed by atoms with Crippen LogP contribution < -0.4 is 0 Å². The first-order chi connectivity index (χ1) is 6.06. The Hall–Kier alpha value is -0.323. The van der Waals surface area contributed by atoms with Crippen molar-refractivity contribution in [2.75, 3.05) is 26.4 Å². The summed E-state index contributed by atoms with van der Waals surface area (Å²) in [5.74, 6) is 0. The molecule has 0 unspecified atom stereocenters. The zero-order valence-electron chi connectivity index (χ0n) is 8.84. The quantitative estimate of drug-likeness (QED) is 0.344. The van der Waals surface area contributed by atoms with E-state index < -0.39 is 8.32 Å². The molecule has 0 radical (unpaired) electrons. The Labute approximate surface area is 81.8 Å². The lowest BCUT2D eigenvalue weighted by Crippen LogP contribution is -2.27. The Morgan fingerprint density at radius 1 is 1.08 bits per heavy atom. The first-order valence-electron chi connectivity index (χ1n) is 4.50. The zero-order valence-corrected chi connectivity index (χ0v) is 9.84. The number of rotatable bonds is 8. The van der Waals surface area contributed by atoms with Crippen LogP contribution in [0.15, 0.2) is 12.8 Å². The molecule has 0 N–H and O–H groups in total. The van der Waals surface area contributed by atoms with Crippen molar-refractivity contribution in [1.82, 2.24) is 0 Å². The van der Waals surface area contributed by atoms with Crippen molar-refractivity contribution < 1.29 is 13.9 Å². The maximum atomic E-state index is 5.59. The van der Waals surface area contributed by atoms with Gasteiger partial charge in [0.15, 0.2) is 8.32 Å². The summed E-state index contributed by atoms with van der Waals surface area (Å²) in [6.45, 7) is 12.4. The van der Waals surface area contributed by atoms with E-state index in [0.717, 1.165) is 0 Å². The van der Waals surface area contributed by atoms with Crippen molar-refractivity contribution in [3.8, 4) is 0 Å². The molecule has 0 aliphatic rings. The van der Waals surface area contributed by atoms with Crippen LogP contribution in [0.25, 0.3) is 0 Å². The third-order valence-corrected chi connectivity index (χ3v) is 2.30. The van der Waals surface area contributed by atoms with E-state index in [1.54, 1.807) is 0 Å². The van der Waals surface area contributed by atoms with E-state index in [0.29, 0.717) is 26.4 Å². The van der Waals surface area contributed by atoms with Gasteiger partial charge in [0.2, 0.25) is 0 Å². The highest BCUT2D eigenvalue weighted by atomic mass is 28.4. The standard InChI is InChI=1S/C9H20O3Si/c1-5-10-6-7-11-8-9-12-13(2,3)4/h5H,1,6-9H2,2-4H3. The Balaban J connectivity index is 3.04. The van der Waals surface area contributed by atoms with Crippen LogP contribution in [-0.2, 0) is 13.9 Å². The first-order valence-corrected chi connectivity index (χ1v) is 7.91. The SMILES string of the molecule is C=COCCOCCO[Si](C)(C)C. The zero-order chi connectivity index (χ0) is 10.2. The lowest BCUT2D eigenvalue weighted by Gasteiger charge is -2.16. The van der Waals surface area contributed by atoms with Gasteiger partial charge in [-0.05, 0) is 19.6 Å². The van der Waals surface area contributed by atoms with E-state index in [1.807, 2.05) is 0 Å². The molecule has 0 bridgehead atoms. The summed E-state index contributed by atoms with van der Waals surface area (Å²) in [7, 11) is -1.36. The normalized spacial score (nSPS) is 11.3. The van der Waals surface area contributed by atoms with Crippen LogP contribution >= 0.6 is 0 Å². The predicted molar refractivity (Wildman–Crippen MR) is 56.3 cm³/mol. The highest BCUT2D eigenvalue weighted by molar-refractivity contribution is 6.69. The summed E-state index contributed by atoms with van der Waals surface area (Å²) < 4.78 is 15.7. The van der Waals surface area contributed by atoms with Crippen molar-refractivity contribution in [3.63, 3.8) is 0 Å². The average Bonchev–Trinajstić information content (AvgIpc) is 2.01.